The lowest BCUT2D eigenvalue weighted by atomic mass is 10.1. The SMILES string of the molecule is CCc1cnc(NN)nc1-c1ccccc1. The first-order chi connectivity index (χ1) is 7.85. The molecular weight excluding hydrogens is 200 g/mol. The van der Waals surface area contributed by atoms with Gasteiger partial charge in [-0.25, -0.2) is 15.8 Å². The number of aryl methyl sites for hydroxylation is 1. The zero-order valence-corrected chi connectivity index (χ0v) is 9.14. The molecule has 2 aromatic rings. The van der Waals surface area contributed by atoms with Crippen LogP contribution in [0.5, 0.6) is 0 Å². The smallest absolute Gasteiger partial charge is 0.237 e. The Kier molecular flexibility index (Phi) is 3.12. The highest BCUT2D eigenvalue weighted by Gasteiger charge is 2.07. The van der Waals surface area contributed by atoms with Crippen molar-refractivity contribution in [3.63, 3.8) is 0 Å². The highest BCUT2D eigenvalue weighted by atomic mass is 15.3. The van der Waals surface area contributed by atoms with E-state index >= 15 is 0 Å². The lowest BCUT2D eigenvalue weighted by molar-refractivity contribution is 1.04. The summed E-state index contributed by atoms with van der Waals surface area (Å²) in [6.07, 6.45) is 2.71. The molecule has 0 unspecified atom stereocenters. The molecule has 1 aromatic heterocycles. The van der Waals surface area contributed by atoms with Crippen LogP contribution in [0.3, 0.4) is 0 Å². The molecule has 0 fully saturated rings. The van der Waals surface area contributed by atoms with Crippen molar-refractivity contribution in [1.82, 2.24) is 9.97 Å². The minimum absolute atomic E-state index is 0.441. The second kappa shape index (κ2) is 4.72. The predicted octanol–water partition coefficient (Wildman–Crippen LogP) is 1.99. The van der Waals surface area contributed by atoms with Gasteiger partial charge in [-0.3, -0.25) is 5.43 Å². The Bertz CT molecular complexity index is 468. The van der Waals surface area contributed by atoms with Crippen molar-refractivity contribution in [2.75, 3.05) is 5.43 Å². The average Bonchev–Trinajstić information content (AvgIpc) is 2.39. The number of nitrogen functional groups attached to an aromatic ring is 1. The molecule has 0 spiro atoms. The number of hydrogen-bond acceptors (Lipinski definition) is 4. The Balaban J connectivity index is 2.53. The Morgan fingerprint density at radius 2 is 2.00 bits per heavy atom. The summed E-state index contributed by atoms with van der Waals surface area (Å²) in [6, 6.07) is 10.0. The van der Waals surface area contributed by atoms with Gasteiger partial charge in [-0.1, -0.05) is 37.3 Å². The van der Waals surface area contributed by atoms with Gasteiger partial charge in [0.15, 0.2) is 0 Å². The van der Waals surface area contributed by atoms with Crippen molar-refractivity contribution in [2.45, 2.75) is 13.3 Å². The average molecular weight is 214 g/mol. The molecule has 0 amide bonds. The van der Waals surface area contributed by atoms with Crippen LogP contribution in [0, 0.1) is 0 Å². The van der Waals surface area contributed by atoms with Crippen molar-refractivity contribution >= 4 is 5.95 Å². The lowest BCUT2D eigenvalue weighted by Crippen LogP contribution is -2.11. The Labute approximate surface area is 94.5 Å². The fraction of sp³-hybridized carbons (Fsp3) is 0.167. The summed E-state index contributed by atoms with van der Waals surface area (Å²) in [4.78, 5) is 8.49. The zero-order chi connectivity index (χ0) is 11.4. The minimum atomic E-state index is 0.441. The highest BCUT2D eigenvalue weighted by molar-refractivity contribution is 5.63. The van der Waals surface area contributed by atoms with E-state index in [1.165, 1.54) is 0 Å². The van der Waals surface area contributed by atoms with E-state index in [1.54, 1.807) is 0 Å². The molecule has 1 aromatic carbocycles. The van der Waals surface area contributed by atoms with Crippen LogP contribution in [0.4, 0.5) is 5.95 Å². The maximum atomic E-state index is 5.31. The van der Waals surface area contributed by atoms with E-state index in [9.17, 15) is 0 Å². The van der Waals surface area contributed by atoms with Gasteiger partial charge < -0.3 is 0 Å². The van der Waals surface area contributed by atoms with Gasteiger partial charge in [-0.15, -0.1) is 0 Å². The number of nitrogens with zero attached hydrogens (tertiary/aromatic N) is 2. The molecule has 0 atom stereocenters. The van der Waals surface area contributed by atoms with Gasteiger partial charge >= 0.3 is 0 Å². The van der Waals surface area contributed by atoms with Gasteiger partial charge in [0.2, 0.25) is 5.95 Å². The third kappa shape index (κ3) is 2.01. The van der Waals surface area contributed by atoms with Crippen molar-refractivity contribution in [2.24, 2.45) is 5.84 Å². The first kappa shape index (κ1) is 10.6. The number of benzene rings is 1. The number of nitrogens with one attached hydrogen (secondary N) is 1. The fourth-order valence-electron chi connectivity index (χ4n) is 1.58. The van der Waals surface area contributed by atoms with E-state index in [0.717, 1.165) is 23.2 Å². The third-order valence-electron chi connectivity index (χ3n) is 2.42. The molecule has 2 rings (SSSR count). The number of hydrogen-bond donors (Lipinski definition) is 2. The molecular formula is C12H14N4. The van der Waals surface area contributed by atoms with Crippen LogP contribution < -0.4 is 11.3 Å². The van der Waals surface area contributed by atoms with E-state index < -0.39 is 0 Å². The minimum Gasteiger partial charge on any atom is -0.292 e. The van der Waals surface area contributed by atoms with Crippen molar-refractivity contribution < 1.29 is 0 Å². The molecule has 1 heterocycles. The molecule has 4 nitrogen and oxygen atoms in total. The first-order valence-electron chi connectivity index (χ1n) is 5.23. The van der Waals surface area contributed by atoms with Crippen molar-refractivity contribution in [3.8, 4) is 11.3 Å². The maximum Gasteiger partial charge on any atom is 0.237 e. The number of hydrazine groups is 1. The summed E-state index contributed by atoms with van der Waals surface area (Å²) in [5.74, 6) is 5.75. The van der Waals surface area contributed by atoms with Crippen LogP contribution in [-0.4, -0.2) is 9.97 Å². The van der Waals surface area contributed by atoms with Crippen LogP contribution in [-0.2, 0) is 6.42 Å². The topological polar surface area (TPSA) is 63.8 Å². The molecule has 0 aliphatic carbocycles. The molecule has 16 heavy (non-hydrogen) atoms. The molecule has 0 radical (unpaired) electrons. The summed E-state index contributed by atoms with van der Waals surface area (Å²) < 4.78 is 0. The molecule has 82 valence electrons. The van der Waals surface area contributed by atoms with Crippen LogP contribution >= 0.6 is 0 Å². The van der Waals surface area contributed by atoms with Crippen molar-refractivity contribution in [1.29, 1.82) is 0 Å². The molecule has 0 saturated carbocycles. The predicted molar refractivity (Wildman–Crippen MR) is 64.7 cm³/mol. The maximum absolute atomic E-state index is 5.31. The first-order valence-corrected chi connectivity index (χ1v) is 5.23. The van der Waals surface area contributed by atoms with Gasteiger partial charge in [-0.2, -0.15) is 0 Å². The normalized spacial score (nSPS) is 10.1. The lowest BCUT2D eigenvalue weighted by Gasteiger charge is -2.08. The van der Waals surface area contributed by atoms with Crippen molar-refractivity contribution in [3.05, 3.63) is 42.1 Å². The summed E-state index contributed by atoms with van der Waals surface area (Å²) in [7, 11) is 0. The van der Waals surface area contributed by atoms with E-state index in [1.807, 2.05) is 36.5 Å². The van der Waals surface area contributed by atoms with Crippen LogP contribution in [0.15, 0.2) is 36.5 Å². The molecule has 0 aliphatic heterocycles. The molecule has 4 heteroatoms. The Hall–Kier alpha value is -1.94. The Morgan fingerprint density at radius 1 is 1.25 bits per heavy atom. The summed E-state index contributed by atoms with van der Waals surface area (Å²) in [6.45, 7) is 2.08. The Morgan fingerprint density at radius 3 is 2.62 bits per heavy atom. The summed E-state index contributed by atoms with van der Waals surface area (Å²) in [5.41, 5.74) is 5.60. The van der Waals surface area contributed by atoms with Crippen LogP contribution in [0.25, 0.3) is 11.3 Å². The molecule has 3 N–H and O–H groups in total. The second-order valence-corrected chi connectivity index (χ2v) is 3.43. The standard InChI is InChI=1S/C12H14N4/c1-2-9-8-14-12(16-13)15-11(9)10-6-4-3-5-7-10/h3-8H,2,13H2,1H3,(H,14,15,16). The monoisotopic (exact) mass is 214 g/mol. The van der Waals surface area contributed by atoms with Gasteiger partial charge in [0.25, 0.3) is 0 Å². The summed E-state index contributed by atoms with van der Waals surface area (Å²) >= 11 is 0. The summed E-state index contributed by atoms with van der Waals surface area (Å²) in [5, 5.41) is 0. The van der Waals surface area contributed by atoms with Gasteiger partial charge in [0.05, 0.1) is 5.69 Å². The number of aromatic nitrogens is 2. The largest absolute Gasteiger partial charge is 0.292 e. The number of anilines is 1. The van der Waals surface area contributed by atoms with Crippen LogP contribution in [0.2, 0.25) is 0 Å². The fourth-order valence-corrected chi connectivity index (χ4v) is 1.58. The van der Waals surface area contributed by atoms with E-state index in [-0.39, 0.29) is 0 Å². The molecule has 0 bridgehead atoms. The van der Waals surface area contributed by atoms with E-state index in [0.29, 0.717) is 5.95 Å². The molecule has 0 aliphatic rings. The number of nitrogens with two attached hydrogens (primary N) is 1. The van der Waals surface area contributed by atoms with Gasteiger partial charge in [0.1, 0.15) is 0 Å². The quantitative estimate of drug-likeness (QED) is 0.606. The van der Waals surface area contributed by atoms with E-state index in [4.69, 9.17) is 5.84 Å². The second-order valence-electron chi connectivity index (χ2n) is 3.43. The van der Waals surface area contributed by atoms with E-state index in [2.05, 4.69) is 22.3 Å². The van der Waals surface area contributed by atoms with Gasteiger partial charge in [0, 0.05) is 11.8 Å². The van der Waals surface area contributed by atoms with Gasteiger partial charge in [-0.05, 0) is 12.0 Å². The molecule has 0 saturated heterocycles. The highest BCUT2D eigenvalue weighted by Crippen LogP contribution is 2.22. The number of rotatable bonds is 3. The van der Waals surface area contributed by atoms with Crippen LogP contribution in [0.1, 0.15) is 12.5 Å². The third-order valence-corrected chi connectivity index (χ3v) is 2.42. The zero-order valence-electron chi connectivity index (χ0n) is 9.14.